The van der Waals surface area contributed by atoms with Crippen molar-refractivity contribution in [2.75, 3.05) is 6.54 Å². The summed E-state index contributed by atoms with van der Waals surface area (Å²) < 4.78 is 13.0. The largest absolute Gasteiger partial charge is 0.327 e. The first-order valence-electron chi connectivity index (χ1n) is 19.5. The summed E-state index contributed by atoms with van der Waals surface area (Å²) in [4.78, 5) is 0. The first-order chi connectivity index (χ1) is 22.9. The number of rotatable bonds is 18. The van der Waals surface area contributed by atoms with Crippen LogP contribution in [0.25, 0.3) is 0 Å². The molecule has 274 valence electrons. The van der Waals surface area contributed by atoms with Crippen LogP contribution < -0.4 is 11.5 Å². The third-order valence-corrected chi connectivity index (χ3v) is 9.53. The fourth-order valence-corrected chi connectivity index (χ4v) is 6.39. The van der Waals surface area contributed by atoms with Crippen molar-refractivity contribution in [2.45, 2.75) is 164 Å². The van der Waals surface area contributed by atoms with Crippen LogP contribution in [0.3, 0.4) is 0 Å². The van der Waals surface area contributed by atoms with Crippen molar-refractivity contribution in [1.82, 2.24) is 0 Å². The normalized spacial score (nSPS) is 18.4. The monoisotopic (exact) mass is 665 g/mol. The van der Waals surface area contributed by atoms with Gasteiger partial charge in [0, 0.05) is 12.1 Å². The minimum Gasteiger partial charge on any atom is -0.327 e. The fourth-order valence-electron chi connectivity index (χ4n) is 6.39. The van der Waals surface area contributed by atoms with Gasteiger partial charge in [0.25, 0.3) is 0 Å². The second-order valence-electron chi connectivity index (χ2n) is 14.3. The molecule has 2 rings (SSSR count). The Morgan fingerprint density at radius 3 is 2.17 bits per heavy atom. The lowest BCUT2D eigenvalue weighted by molar-refractivity contribution is 0.422. The van der Waals surface area contributed by atoms with E-state index in [-0.39, 0.29) is 11.4 Å². The Morgan fingerprint density at radius 1 is 0.958 bits per heavy atom. The Morgan fingerprint density at radius 2 is 1.62 bits per heavy atom. The van der Waals surface area contributed by atoms with Crippen LogP contribution in [0.1, 0.15) is 159 Å². The average Bonchev–Trinajstić information content (AvgIpc) is 3.30. The van der Waals surface area contributed by atoms with E-state index in [1.165, 1.54) is 92.6 Å². The van der Waals surface area contributed by atoms with Crippen molar-refractivity contribution in [3.8, 4) is 0 Å². The molecule has 0 saturated carbocycles. The molecule has 4 N–H and O–H groups in total. The van der Waals surface area contributed by atoms with Gasteiger partial charge in [0.2, 0.25) is 0 Å². The van der Waals surface area contributed by atoms with Gasteiger partial charge < -0.3 is 11.5 Å². The Kier molecular flexibility index (Phi) is 26.3. The maximum Gasteiger partial charge on any atom is 0.0968 e. The summed E-state index contributed by atoms with van der Waals surface area (Å²) in [5, 5.41) is 0. The molecule has 48 heavy (non-hydrogen) atoms. The van der Waals surface area contributed by atoms with E-state index >= 15 is 0 Å². The Balaban J connectivity index is 0.00000107. The first-order valence-corrected chi connectivity index (χ1v) is 19.5. The maximum atomic E-state index is 13.0. The topological polar surface area (TPSA) is 52.0 Å². The third-order valence-electron chi connectivity index (χ3n) is 9.53. The molecule has 3 heteroatoms. The molecule has 0 bridgehead atoms. The molecule has 0 fully saturated rings. The van der Waals surface area contributed by atoms with E-state index in [0.29, 0.717) is 18.4 Å². The summed E-state index contributed by atoms with van der Waals surface area (Å²) in [6.07, 6.45) is 37.1. The molecule has 0 amide bonds. The second kappa shape index (κ2) is 27.6. The summed E-state index contributed by atoms with van der Waals surface area (Å²) in [6, 6.07) is 0. The van der Waals surface area contributed by atoms with Crippen molar-refractivity contribution in [2.24, 2.45) is 29.2 Å². The molecule has 2 aliphatic rings. The number of halogens is 1. The zero-order valence-electron chi connectivity index (χ0n) is 33.0. The summed E-state index contributed by atoms with van der Waals surface area (Å²) in [5.74, 6) is 1.36. The van der Waals surface area contributed by atoms with Crippen molar-refractivity contribution in [1.29, 1.82) is 0 Å². The van der Waals surface area contributed by atoms with E-state index in [1.54, 1.807) is 6.08 Å². The van der Waals surface area contributed by atoms with Crippen LogP contribution in [0.5, 0.6) is 0 Å². The van der Waals surface area contributed by atoms with Crippen molar-refractivity contribution in [3.63, 3.8) is 0 Å². The van der Waals surface area contributed by atoms with E-state index in [2.05, 4.69) is 105 Å². The highest BCUT2D eigenvalue weighted by molar-refractivity contribution is 5.34. The number of allylic oxidation sites excluding steroid dienone is 12. The first kappa shape index (κ1) is 45.8. The molecule has 0 aromatic heterocycles. The van der Waals surface area contributed by atoms with Crippen LogP contribution in [0.2, 0.25) is 0 Å². The standard InChI is InChI=1S/C29H46FN.C13H23N.C3H8/c1-7-8-10-27-11-9-12-28(17-16-27)21-24(4)26(6)29(19-20-31)18-14-23(3)22(2)13-15-25(5)30;1-3-10-13(14,11-4-2)12-8-6-5-7-9-12;1-3-2/h12-13,15-17,19,23-24,27H,6-11,14,18,20-21,31H2,1-5H3;6,8-9H,3-5,7,10-11,14H2,1-2H3;3H2,1-2H3/b22-13+,25-15+,29-19-;;. The Bertz CT molecular complexity index is 1090. The highest BCUT2D eigenvalue weighted by atomic mass is 19.1. The Labute approximate surface area is 298 Å². The lowest BCUT2D eigenvalue weighted by Gasteiger charge is -2.31. The van der Waals surface area contributed by atoms with Crippen LogP contribution in [0.4, 0.5) is 4.39 Å². The highest BCUT2D eigenvalue weighted by Gasteiger charge is 2.26. The molecular formula is C45H77FN2. The van der Waals surface area contributed by atoms with Gasteiger partial charge >= 0.3 is 0 Å². The van der Waals surface area contributed by atoms with Crippen molar-refractivity contribution in [3.05, 3.63) is 95.0 Å². The van der Waals surface area contributed by atoms with Gasteiger partial charge in [0.05, 0.1) is 5.83 Å². The van der Waals surface area contributed by atoms with Gasteiger partial charge in [-0.1, -0.05) is 147 Å². The fraction of sp³-hybridized carbons (Fsp3) is 0.644. The minimum absolute atomic E-state index is 0.0551. The molecule has 3 atom stereocenters. The molecule has 0 aliphatic heterocycles. The molecule has 3 unspecified atom stereocenters. The maximum absolute atomic E-state index is 13.0. The molecule has 0 saturated heterocycles. The van der Waals surface area contributed by atoms with E-state index < -0.39 is 0 Å². The van der Waals surface area contributed by atoms with Crippen LogP contribution in [0, 0.1) is 17.8 Å². The summed E-state index contributed by atoms with van der Waals surface area (Å²) in [5.41, 5.74) is 18.8. The molecule has 0 spiro atoms. The van der Waals surface area contributed by atoms with Crippen LogP contribution >= 0.6 is 0 Å². The third kappa shape index (κ3) is 19.7. The smallest absolute Gasteiger partial charge is 0.0968 e. The van der Waals surface area contributed by atoms with Crippen molar-refractivity contribution >= 4 is 0 Å². The Hall–Kier alpha value is -2.23. The number of nitrogens with two attached hydrogens (primary N) is 2. The van der Waals surface area contributed by atoms with E-state index in [0.717, 1.165) is 44.4 Å². The lowest BCUT2D eigenvalue weighted by Crippen LogP contribution is -2.41. The van der Waals surface area contributed by atoms with Gasteiger partial charge in [-0.25, -0.2) is 4.39 Å². The van der Waals surface area contributed by atoms with Crippen molar-refractivity contribution < 1.29 is 4.39 Å². The molecule has 0 heterocycles. The van der Waals surface area contributed by atoms with Gasteiger partial charge in [-0.05, 0) is 119 Å². The van der Waals surface area contributed by atoms with Crippen LogP contribution in [-0.4, -0.2) is 12.1 Å². The molecule has 0 radical (unpaired) electrons. The molecule has 0 aromatic carbocycles. The quantitative estimate of drug-likeness (QED) is 0.143. The van der Waals surface area contributed by atoms with Gasteiger partial charge in [0.15, 0.2) is 0 Å². The minimum atomic E-state index is -0.156. The summed E-state index contributed by atoms with van der Waals surface area (Å²) in [6.45, 7) is 24.0. The molecule has 2 aliphatic carbocycles. The predicted molar refractivity (Wildman–Crippen MR) is 216 cm³/mol. The molecule has 0 aromatic rings. The number of unbranched alkanes of at least 4 members (excludes halogenated alkanes) is 1. The zero-order chi connectivity index (χ0) is 36.4. The average molecular weight is 665 g/mol. The molecular weight excluding hydrogens is 588 g/mol. The van der Waals surface area contributed by atoms with Gasteiger partial charge in [-0.2, -0.15) is 0 Å². The number of hydrogen-bond donors (Lipinski definition) is 2. The van der Waals surface area contributed by atoms with E-state index in [9.17, 15) is 4.39 Å². The predicted octanol–water partition coefficient (Wildman–Crippen LogP) is 13.7. The van der Waals surface area contributed by atoms with Crippen LogP contribution in [-0.2, 0) is 0 Å². The lowest BCUT2D eigenvalue weighted by atomic mass is 9.80. The SMILES string of the molecule is C=C(/C(=C\CN)CCC(C)/C(C)=C/C=C(\C)F)C(C)CC1=CCCC(CCCC)C=C1.CCC.CCCC(N)(CCC)C1=CCCC=C1. The zero-order valence-corrected chi connectivity index (χ0v) is 33.0. The van der Waals surface area contributed by atoms with E-state index in [4.69, 9.17) is 11.5 Å². The van der Waals surface area contributed by atoms with E-state index in [1.807, 2.05) is 6.08 Å². The van der Waals surface area contributed by atoms with Crippen LogP contribution in [0.15, 0.2) is 95.0 Å². The summed E-state index contributed by atoms with van der Waals surface area (Å²) in [7, 11) is 0. The second-order valence-corrected chi connectivity index (χ2v) is 14.3. The summed E-state index contributed by atoms with van der Waals surface area (Å²) >= 11 is 0. The van der Waals surface area contributed by atoms with Gasteiger partial charge in [-0.3, -0.25) is 0 Å². The molecule has 2 nitrogen and oxygen atoms in total. The highest BCUT2D eigenvalue weighted by Crippen LogP contribution is 2.32. The van der Waals surface area contributed by atoms with Gasteiger partial charge in [-0.15, -0.1) is 0 Å². The number of hydrogen-bond acceptors (Lipinski definition) is 2. The van der Waals surface area contributed by atoms with Gasteiger partial charge in [0.1, 0.15) is 0 Å².